The summed E-state index contributed by atoms with van der Waals surface area (Å²) in [6.07, 6.45) is 27.0. The molecular weight excluding hydrogens is 903 g/mol. The van der Waals surface area contributed by atoms with E-state index in [1.807, 2.05) is 0 Å². The molecule has 3 aromatic carbocycles. The molecule has 342 valence electrons. The van der Waals surface area contributed by atoms with Crippen molar-refractivity contribution < 1.29 is 61.4 Å². The number of hydrogen-bond acceptors (Lipinski definition) is 6. The second-order valence-corrected chi connectivity index (χ2v) is 18.7. The largest absolute Gasteiger partial charge is 0.741 e. The zero-order chi connectivity index (χ0) is 47.6. The van der Waals surface area contributed by atoms with Crippen molar-refractivity contribution in [2.24, 2.45) is 0 Å². The van der Waals surface area contributed by atoms with Crippen LogP contribution in [-0.4, -0.2) is 37.0 Å². The maximum absolute atomic E-state index is 10.7. The quantitative estimate of drug-likeness (QED) is 0.0723. The summed E-state index contributed by atoms with van der Waals surface area (Å²) in [4.78, 5) is 0. The molecule has 5 aromatic rings. The Kier molecular flexibility index (Phi) is 13.7. The van der Waals surface area contributed by atoms with E-state index in [4.69, 9.17) is 25.9 Å². The Morgan fingerprint density at radius 3 is 1.21 bits per heavy atom. The van der Waals surface area contributed by atoms with E-state index in [9.17, 15) is 26.3 Å². The van der Waals surface area contributed by atoms with Crippen LogP contribution in [-0.2, 0) is 46.2 Å². The molecule has 8 nitrogen and oxygen atoms in total. The molecule has 2 aliphatic heterocycles. The van der Waals surface area contributed by atoms with Crippen LogP contribution in [0.1, 0.15) is 57.3 Å². The van der Waals surface area contributed by atoms with Crippen molar-refractivity contribution in [1.29, 1.82) is 0 Å². The van der Waals surface area contributed by atoms with Crippen molar-refractivity contribution in [3.05, 3.63) is 189 Å². The lowest BCUT2D eigenvalue weighted by Crippen LogP contribution is -2.43. The SMILES string of the molecule is Cc1c(C)c2c(c3c1CC[n+]1ccc(/C=C/C4=CC=C(c5ccccc5)C4)cc1-3)-c1cc(/C=C/C3=CC=C(c4ccccc4)C3)cc[n+]1CC2.O=S(=O)([O-])C(F)(F)F.O=S(=O)([O-])C(F)(F)F. The zero-order valence-electron chi connectivity index (χ0n) is 35.5. The van der Waals surface area contributed by atoms with Crippen LogP contribution >= 0.6 is 0 Å². The van der Waals surface area contributed by atoms with Crippen LogP contribution in [0, 0.1) is 13.8 Å². The van der Waals surface area contributed by atoms with E-state index in [1.54, 1.807) is 0 Å². The molecule has 0 N–H and O–H groups in total. The molecule has 0 saturated carbocycles. The molecule has 2 aromatic heterocycles. The third-order valence-corrected chi connectivity index (χ3v) is 12.9. The van der Waals surface area contributed by atoms with E-state index in [0.29, 0.717) is 0 Å². The number of allylic oxidation sites excluding steroid dienone is 10. The van der Waals surface area contributed by atoms with E-state index in [-0.39, 0.29) is 0 Å². The fourth-order valence-electron chi connectivity index (χ4n) is 8.33. The molecule has 0 radical (unpaired) electrons. The molecule has 9 rings (SSSR count). The zero-order valence-corrected chi connectivity index (χ0v) is 37.2. The van der Waals surface area contributed by atoms with Gasteiger partial charge in [-0.15, -0.1) is 0 Å². The van der Waals surface area contributed by atoms with Gasteiger partial charge in [-0.1, -0.05) is 109 Å². The molecule has 66 heavy (non-hydrogen) atoms. The standard InChI is InChI=1S/C48H42N2.2CHF3O3S/c1-33-34(2)44-24-28-50-26-22-38(16-14-36-18-20-42(30-36)40-11-7-4-8-12-40)32-46(50)48(44)47-43(33)23-27-49-25-21-37(31-45(47)49)15-13-35-17-19-41(29-35)39-9-5-3-6-10-39;2*2-1(3,4)8(5,6)7/h3-22,25-26,31-32H,23-24,27-30H2,1-2H3;2*(H,5,6,7)/q+2;;/p-2/b15-13+,16-14+;;. The number of aryl methyl sites for hydroxylation is 2. The number of benzene rings is 3. The van der Waals surface area contributed by atoms with Gasteiger partial charge in [0.2, 0.25) is 11.4 Å². The van der Waals surface area contributed by atoms with Crippen molar-refractivity contribution in [2.75, 3.05) is 0 Å². The maximum atomic E-state index is 10.7. The Labute approximate surface area is 379 Å². The number of rotatable bonds is 6. The van der Waals surface area contributed by atoms with Gasteiger partial charge in [-0.25, -0.2) is 16.8 Å². The molecule has 0 saturated heterocycles. The van der Waals surface area contributed by atoms with Gasteiger partial charge in [-0.05, 0) is 93.5 Å². The molecule has 0 bridgehead atoms. The minimum absolute atomic E-state index is 0.974. The van der Waals surface area contributed by atoms with E-state index in [1.165, 1.54) is 89.3 Å². The van der Waals surface area contributed by atoms with Crippen LogP contribution in [0.4, 0.5) is 26.3 Å². The van der Waals surface area contributed by atoms with Crippen LogP contribution in [0.2, 0.25) is 0 Å². The Hall–Kier alpha value is -6.20. The third-order valence-electron chi connectivity index (χ3n) is 11.8. The van der Waals surface area contributed by atoms with Crippen LogP contribution in [0.25, 0.3) is 45.8 Å². The summed E-state index contributed by atoms with van der Waals surface area (Å²) in [5, 5.41) is 0. The number of hydrogen-bond donors (Lipinski definition) is 0. The van der Waals surface area contributed by atoms with Gasteiger partial charge in [0.1, 0.15) is 0 Å². The van der Waals surface area contributed by atoms with Crippen LogP contribution in [0.3, 0.4) is 0 Å². The van der Waals surface area contributed by atoms with Gasteiger partial charge in [0.15, 0.2) is 45.7 Å². The van der Waals surface area contributed by atoms with Gasteiger partial charge in [-0.3, -0.25) is 0 Å². The average Bonchev–Trinajstić information content (AvgIpc) is 3.96. The van der Waals surface area contributed by atoms with Crippen LogP contribution < -0.4 is 9.13 Å². The number of fused-ring (bicyclic) bond motifs is 7. The summed E-state index contributed by atoms with van der Waals surface area (Å²) < 4.78 is 123. The van der Waals surface area contributed by atoms with E-state index in [2.05, 4.69) is 169 Å². The van der Waals surface area contributed by atoms with E-state index < -0.39 is 31.3 Å². The highest BCUT2D eigenvalue weighted by molar-refractivity contribution is 7.86. The molecule has 0 unspecified atom stereocenters. The van der Waals surface area contributed by atoms with Crippen molar-refractivity contribution in [2.45, 2.75) is 63.6 Å². The summed E-state index contributed by atoms with van der Waals surface area (Å²) in [5.41, 5.74) is 10.8. The minimum atomic E-state index is -6.09. The molecule has 0 amide bonds. The monoisotopic (exact) mass is 944 g/mol. The lowest BCUT2D eigenvalue weighted by Gasteiger charge is -2.27. The van der Waals surface area contributed by atoms with Crippen LogP contribution in [0.15, 0.2) is 145 Å². The number of alkyl halides is 6. The third kappa shape index (κ3) is 10.7. The first-order chi connectivity index (χ1) is 31.1. The number of aromatic nitrogens is 2. The lowest BCUT2D eigenvalue weighted by molar-refractivity contribution is -0.689. The smallest absolute Gasteiger partial charge is 0.485 e. The molecule has 2 aliphatic carbocycles. The number of nitrogens with zero attached hydrogens (tertiary/aromatic N) is 2. The highest BCUT2D eigenvalue weighted by atomic mass is 32.2. The maximum Gasteiger partial charge on any atom is 0.485 e. The highest BCUT2D eigenvalue weighted by Crippen LogP contribution is 2.43. The predicted molar refractivity (Wildman–Crippen MR) is 238 cm³/mol. The molecule has 16 heteroatoms. The van der Waals surface area contributed by atoms with Gasteiger partial charge >= 0.3 is 11.0 Å². The summed E-state index contributed by atoms with van der Waals surface area (Å²) >= 11 is 0. The first-order valence-electron chi connectivity index (χ1n) is 20.6. The fourth-order valence-corrected chi connectivity index (χ4v) is 8.33. The fraction of sp³-hybridized carbons (Fsp3) is 0.200. The summed E-state index contributed by atoms with van der Waals surface area (Å²) in [6.45, 7) is 6.73. The summed E-state index contributed by atoms with van der Waals surface area (Å²) in [7, 11) is -12.2. The van der Waals surface area contributed by atoms with Crippen molar-refractivity contribution in [3.8, 4) is 22.5 Å². The predicted octanol–water partition coefficient (Wildman–Crippen LogP) is 10.3. The van der Waals surface area contributed by atoms with Crippen molar-refractivity contribution >= 4 is 43.5 Å². The van der Waals surface area contributed by atoms with Gasteiger partial charge in [-0.2, -0.15) is 35.5 Å². The van der Waals surface area contributed by atoms with E-state index in [0.717, 1.165) is 38.8 Å². The second kappa shape index (κ2) is 19.0. The van der Waals surface area contributed by atoms with Gasteiger partial charge in [0.05, 0.1) is 11.1 Å². The van der Waals surface area contributed by atoms with E-state index >= 15 is 0 Å². The molecule has 4 aliphatic rings. The normalized spacial score (nSPS) is 15.5. The topological polar surface area (TPSA) is 122 Å². The molecule has 0 spiro atoms. The molecular formula is C50H42F6N2O6S2. The Morgan fingerprint density at radius 1 is 0.530 bits per heavy atom. The van der Waals surface area contributed by atoms with Crippen molar-refractivity contribution in [1.82, 2.24) is 0 Å². The molecule has 4 heterocycles. The highest BCUT2D eigenvalue weighted by Gasteiger charge is 2.38. The van der Waals surface area contributed by atoms with Crippen LogP contribution in [0.5, 0.6) is 0 Å². The average molecular weight is 945 g/mol. The Morgan fingerprint density at radius 2 is 0.879 bits per heavy atom. The second-order valence-electron chi connectivity index (χ2n) is 16.0. The summed E-state index contributed by atoms with van der Waals surface area (Å²) in [5.74, 6) is 0. The number of pyridine rings is 2. The lowest BCUT2D eigenvalue weighted by atomic mass is 9.79. The Bertz CT molecular complexity index is 2910. The van der Waals surface area contributed by atoms with Crippen molar-refractivity contribution in [3.63, 3.8) is 0 Å². The first-order valence-corrected chi connectivity index (χ1v) is 23.4. The Balaban J connectivity index is 0.000000348. The minimum Gasteiger partial charge on any atom is -0.741 e. The summed E-state index contributed by atoms with van der Waals surface area (Å²) in [6, 6.07) is 30.9. The molecule has 0 atom stereocenters. The first kappa shape index (κ1) is 47.8. The van der Waals surface area contributed by atoms with Gasteiger partial charge < -0.3 is 9.11 Å². The van der Waals surface area contributed by atoms with Gasteiger partial charge in [0.25, 0.3) is 0 Å². The molecule has 0 fully saturated rings. The number of halogens is 6. The van der Waals surface area contributed by atoms with Gasteiger partial charge in [0, 0.05) is 37.1 Å².